The molecule has 2 aliphatic rings. The van der Waals surface area contributed by atoms with E-state index in [1.165, 1.54) is 56.0 Å². The summed E-state index contributed by atoms with van der Waals surface area (Å²) in [5.41, 5.74) is 16.8. The van der Waals surface area contributed by atoms with Crippen molar-refractivity contribution in [3.05, 3.63) is 199 Å². The number of nitrogens with zero attached hydrogens (tertiary/aromatic N) is 4. The third kappa shape index (κ3) is 7.59. The van der Waals surface area contributed by atoms with Crippen LogP contribution in [0.3, 0.4) is 0 Å². The van der Waals surface area contributed by atoms with Gasteiger partial charge in [-0.05, 0) is 89.8 Å². The molecule has 0 spiro atoms. The standard InChI is InChI=1S/C64H63N4O.Pt/c1-61(2,3)45-33-44(42-21-14-13-15-22-42)34-48(36-45)68-41-67(68,57-27-18-19-28-58(57)68)47-23-20-24-49(39-47)69-50-29-30-52-51-25-16-17-26-55(51)66(56(52)40-50)59-35-43(31-32-65-59)60-53(63(7,8)9)37-46(62(4,5)6)38-54(60)64(10,11)12;/h13-38,41H,1-12H3;/q-1;/t67?,68-;/m0./s1. The molecule has 5 nitrogen and oxygen atoms in total. The minimum Gasteiger partial charge on any atom is -0.509 e. The summed E-state index contributed by atoms with van der Waals surface area (Å²) >= 11 is 0. The maximum absolute atomic E-state index is 6.83. The summed E-state index contributed by atoms with van der Waals surface area (Å²) in [6.45, 7) is 30.3. The van der Waals surface area contributed by atoms with Crippen LogP contribution >= 0.6 is 0 Å². The topological polar surface area (TPSA) is 27.1 Å². The predicted octanol–water partition coefficient (Wildman–Crippen LogP) is 17.4. The molecule has 9 aromatic rings. The Hall–Kier alpha value is -6.10. The second-order valence-corrected chi connectivity index (χ2v) is 23.4. The van der Waals surface area contributed by atoms with Gasteiger partial charge in [0.2, 0.25) is 11.4 Å². The zero-order chi connectivity index (χ0) is 48.5. The van der Waals surface area contributed by atoms with E-state index in [9.17, 15) is 0 Å². The molecule has 0 amide bonds. The number of benzene rings is 7. The molecule has 0 bridgehead atoms. The summed E-state index contributed by atoms with van der Waals surface area (Å²) < 4.78 is 10.2. The fourth-order valence-electron chi connectivity index (χ4n) is 10.7. The minimum atomic E-state index is -0.0942. The van der Waals surface area contributed by atoms with Crippen LogP contribution in [-0.2, 0) is 42.7 Å². The predicted molar refractivity (Wildman–Crippen MR) is 289 cm³/mol. The van der Waals surface area contributed by atoms with Crippen molar-refractivity contribution >= 4 is 44.6 Å². The zero-order valence-corrected chi connectivity index (χ0v) is 44.9. The number of hydrogen-bond donors (Lipinski definition) is 0. The van der Waals surface area contributed by atoms with Gasteiger partial charge in [0.1, 0.15) is 5.82 Å². The molecule has 6 heteroatoms. The Balaban J connectivity index is 0.00000567. The zero-order valence-electron chi connectivity index (χ0n) is 42.6. The Morgan fingerprint density at radius 1 is 0.500 bits per heavy atom. The molecule has 0 aliphatic carbocycles. The molecule has 4 heterocycles. The van der Waals surface area contributed by atoms with Crippen LogP contribution in [0.5, 0.6) is 11.5 Å². The van der Waals surface area contributed by atoms with Crippen molar-refractivity contribution in [3.8, 4) is 39.6 Å². The van der Waals surface area contributed by atoms with Crippen molar-refractivity contribution in [3.63, 3.8) is 0 Å². The Labute approximate surface area is 429 Å². The minimum absolute atomic E-state index is 0. The largest absolute Gasteiger partial charge is 0.509 e. The molecule has 7 aromatic carbocycles. The Kier molecular flexibility index (Phi) is 11.2. The van der Waals surface area contributed by atoms with Crippen LogP contribution in [0.2, 0.25) is 0 Å². The van der Waals surface area contributed by atoms with Gasteiger partial charge in [-0.25, -0.2) is 9.58 Å². The molecule has 1 fully saturated rings. The van der Waals surface area contributed by atoms with E-state index >= 15 is 0 Å². The van der Waals surface area contributed by atoms with E-state index in [1.807, 2.05) is 18.3 Å². The van der Waals surface area contributed by atoms with Crippen LogP contribution in [0, 0.1) is 18.8 Å². The van der Waals surface area contributed by atoms with E-state index < -0.39 is 0 Å². The van der Waals surface area contributed by atoms with Crippen LogP contribution in [0.25, 0.3) is 49.9 Å². The number of ether oxygens (including phenoxy) is 1. The number of quaternary nitrogens is 2. The van der Waals surface area contributed by atoms with E-state index in [0.717, 1.165) is 38.9 Å². The summed E-state index contributed by atoms with van der Waals surface area (Å²) in [6.07, 6.45) is 1.97. The van der Waals surface area contributed by atoms with Crippen molar-refractivity contribution in [2.45, 2.75) is 105 Å². The van der Waals surface area contributed by atoms with Crippen LogP contribution in [0.4, 0.5) is 22.7 Å². The van der Waals surface area contributed by atoms with Gasteiger partial charge in [0.15, 0.2) is 12.4 Å². The number of hydrogen-bond acceptors (Lipinski definition) is 2. The molecule has 0 N–H and O–H groups in total. The molecule has 356 valence electrons. The van der Waals surface area contributed by atoms with E-state index in [-0.39, 0.29) is 42.7 Å². The second kappa shape index (κ2) is 16.5. The normalized spacial score (nSPS) is 17.7. The molecule has 0 saturated carbocycles. The van der Waals surface area contributed by atoms with Gasteiger partial charge in [0, 0.05) is 68.5 Å². The first-order valence-electron chi connectivity index (χ1n) is 24.5. The molecular formula is C64H63N4OPt-. The van der Waals surface area contributed by atoms with Crippen molar-refractivity contribution in [2.75, 3.05) is 0 Å². The summed E-state index contributed by atoms with van der Waals surface area (Å²) in [7, 11) is 0. The second-order valence-electron chi connectivity index (χ2n) is 23.4. The average Bonchev–Trinajstić information content (AvgIpc) is 3.81. The van der Waals surface area contributed by atoms with Crippen molar-refractivity contribution in [1.82, 2.24) is 18.7 Å². The molecule has 1 saturated heterocycles. The van der Waals surface area contributed by atoms with Crippen LogP contribution < -0.4 is 13.9 Å². The third-order valence-electron chi connectivity index (χ3n) is 14.5. The van der Waals surface area contributed by atoms with Crippen molar-refractivity contribution in [2.24, 2.45) is 0 Å². The number of fused-ring (bicyclic) bond motifs is 7. The molecule has 2 aliphatic heterocycles. The molecule has 0 radical (unpaired) electrons. The molecule has 1 unspecified atom stereocenters. The number of para-hydroxylation sites is 3. The molecule has 70 heavy (non-hydrogen) atoms. The first-order chi connectivity index (χ1) is 32.7. The van der Waals surface area contributed by atoms with Gasteiger partial charge in [0.25, 0.3) is 0 Å². The fraction of sp³-hybridized carbons (Fsp3) is 0.250. The van der Waals surface area contributed by atoms with Crippen LogP contribution in [-0.4, -0.2) is 9.55 Å². The van der Waals surface area contributed by atoms with Gasteiger partial charge in [-0.1, -0.05) is 174 Å². The van der Waals surface area contributed by atoms with Crippen LogP contribution in [0.15, 0.2) is 158 Å². The smallest absolute Gasteiger partial charge is 0.225 e. The van der Waals surface area contributed by atoms with Gasteiger partial charge < -0.3 is 9.30 Å². The first-order valence-corrected chi connectivity index (χ1v) is 24.5. The monoisotopic (exact) mass is 1100 g/mol. The van der Waals surface area contributed by atoms with Gasteiger partial charge in [-0.15, -0.1) is 29.7 Å². The number of aromatic nitrogens is 2. The third-order valence-corrected chi connectivity index (χ3v) is 14.5. The number of rotatable bonds is 7. The summed E-state index contributed by atoms with van der Waals surface area (Å²) in [4.78, 5) is 5.10. The first kappa shape index (κ1) is 47.6. The maximum atomic E-state index is 6.83. The van der Waals surface area contributed by atoms with Crippen LogP contribution in [0.1, 0.15) is 105 Å². The molecular weight excluding hydrogens is 1040 g/mol. The van der Waals surface area contributed by atoms with Crippen molar-refractivity contribution in [1.29, 1.82) is 0 Å². The van der Waals surface area contributed by atoms with Gasteiger partial charge >= 0.3 is 0 Å². The van der Waals surface area contributed by atoms with Gasteiger partial charge in [-0.3, -0.25) is 0 Å². The van der Waals surface area contributed by atoms with E-state index in [4.69, 9.17) is 9.72 Å². The summed E-state index contributed by atoms with van der Waals surface area (Å²) in [5.74, 6) is 2.09. The summed E-state index contributed by atoms with van der Waals surface area (Å²) in [6, 6.07) is 62.6. The Morgan fingerprint density at radius 2 is 1.11 bits per heavy atom. The number of pyridine rings is 1. The van der Waals surface area contributed by atoms with E-state index in [0.29, 0.717) is 20.7 Å². The maximum Gasteiger partial charge on any atom is 0.225 e. The quantitative estimate of drug-likeness (QED) is 0.0903. The Bertz CT molecular complexity index is 3470. The van der Waals surface area contributed by atoms with Crippen molar-refractivity contribution < 1.29 is 25.8 Å². The fourth-order valence-corrected chi connectivity index (χ4v) is 10.7. The molecule has 11 rings (SSSR count). The van der Waals surface area contributed by atoms with Gasteiger partial charge in [-0.2, -0.15) is 16.7 Å². The molecule has 2 atom stereocenters. The molecule has 2 aromatic heterocycles. The van der Waals surface area contributed by atoms with Gasteiger partial charge in [0.05, 0.1) is 5.69 Å². The average molecular weight is 1100 g/mol. The summed E-state index contributed by atoms with van der Waals surface area (Å²) in [5, 5.41) is 2.23. The van der Waals surface area contributed by atoms with E-state index in [1.54, 1.807) is 0 Å². The SMILES string of the molecule is CC(C)(C)c1cc(-c2ccccc2)cc([N@+]23[CH-][N+]2(c2[c-]c(Oc4[c-]c5c(cc4)c4ccccc4n5-c4cc(-c5c(C(C)(C)C)cc(C(C)(C)C)cc5C(C)(C)C)ccn4)ccc2)c2ccccc23)c1.[Pt]. The van der Waals surface area contributed by atoms with E-state index in [2.05, 4.69) is 246 Å². The Morgan fingerprint density at radius 3 is 1.79 bits per heavy atom.